The Morgan fingerprint density at radius 1 is 0.486 bits per heavy atom. The van der Waals surface area contributed by atoms with Crippen molar-refractivity contribution in [1.82, 2.24) is 9.97 Å². The Balaban J connectivity index is 0.000000249. The largest absolute Gasteiger partial charge is 2.00 e. The minimum Gasteiger partial charge on any atom is -0.870 e. The van der Waals surface area contributed by atoms with Crippen LogP contribution in [0.3, 0.4) is 0 Å². The van der Waals surface area contributed by atoms with Crippen molar-refractivity contribution in [2.75, 3.05) is 13.2 Å². The molecule has 2 heterocycles. The Kier molecular flexibility index (Phi) is 22.2. The zero-order chi connectivity index (χ0) is 49.9. The zero-order valence-electron chi connectivity index (χ0n) is 39.3. The second-order valence-corrected chi connectivity index (χ2v) is 18.1. The molecule has 0 fully saturated rings. The van der Waals surface area contributed by atoms with Crippen molar-refractivity contribution in [3.05, 3.63) is 214 Å². The molecule has 14 nitrogen and oxygen atoms in total. The van der Waals surface area contributed by atoms with Crippen molar-refractivity contribution in [2.24, 2.45) is 9.98 Å². The second kappa shape index (κ2) is 27.9. The number of aliphatic imine (C=N–C) groups is 2. The molecule has 0 saturated carbocycles. The number of hydrogen-bond donors (Lipinski definition) is 0. The van der Waals surface area contributed by atoms with Gasteiger partial charge in [0.2, 0.25) is 0 Å². The Hall–Kier alpha value is -7.30. The van der Waals surface area contributed by atoms with E-state index in [1.54, 1.807) is 148 Å². The Morgan fingerprint density at radius 2 is 0.833 bits per heavy atom. The Morgan fingerprint density at radius 3 is 1.18 bits per heavy atom. The molecule has 72 heavy (non-hydrogen) atoms. The number of nitrogens with zero attached hydrogens (tertiary/aromatic N) is 6. The molecule has 0 aliphatic heterocycles. The van der Waals surface area contributed by atoms with Gasteiger partial charge in [-0.15, -0.1) is 11.4 Å². The first-order valence-corrected chi connectivity index (χ1v) is 24.7. The molecule has 6 aromatic carbocycles. The van der Waals surface area contributed by atoms with Gasteiger partial charge in [0, 0.05) is 48.6 Å². The van der Waals surface area contributed by atoms with Crippen molar-refractivity contribution < 1.29 is 70.7 Å². The third-order valence-corrected chi connectivity index (χ3v) is 12.4. The summed E-state index contributed by atoms with van der Waals surface area (Å²) < 4.78 is 69.0. The topological polar surface area (TPSA) is 212 Å². The van der Waals surface area contributed by atoms with Crippen LogP contribution in [0.2, 0.25) is 0 Å². The maximum atomic E-state index is 12.6. The number of sulfonamides is 2. The molecule has 0 aliphatic rings. The van der Waals surface area contributed by atoms with E-state index in [4.69, 9.17) is 9.47 Å². The average molecular weight is 1100 g/mol. The van der Waals surface area contributed by atoms with E-state index >= 15 is 0 Å². The van der Waals surface area contributed by atoms with E-state index in [9.17, 15) is 27.0 Å². The van der Waals surface area contributed by atoms with Gasteiger partial charge in [0.15, 0.2) is 0 Å². The van der Waals surface area contributed by atoms with Gasteiger partial charge in [-0.2, -0.15) is 0 Å². The van der Waals surface area contributed by atoms with Crippen LogP contribution in [0.25, 0.3) is 20.6 Å². The molecule has 8 rings (SSSR count). The van der Waals surface area contributed by atoms with Crippen LogP contribution in [-0.4, -0.2) is 52.4 Å². The number of ether oxygens (including phenoxy) is 2. The van der Waals surface area contributed by atoms with Gasteiger partial charge in [0.05, 0.1) is 23.0 Å². The van der Waals surface area contributed by atoms with Gasteiger partial charge in [-0.25, -0.2) is 16.8 Å². The molecule has 18 heteroatoms. The van der Waals surface area contributed by atoms with E-state index in [-0.39, 0.29) is 78.3 Å². The summed E-state index contributed by atoms with van der Waals surface area (Å²) >= 11 is 0. The molecule has 2 aromatic heterocycles. The van der Waals surface area contributed by atoms with Crippen LogP contribution >= 0.6 is 0 Å². The summed E-state index contributed by atoms with van der Waals surface area (Å²) in [5.41, 5.74) is 6.00. The Bertz CT molecular complexity index is 3040. The van der Waals surface area contributed by atoms with Crippen LogP contribution < -0.4 is 19.7 Å². The van der Waals surface area contributed by atoms with Gasteiger partial charge in [0.1, 0.15) is 31.5 Å². The van der Waals surface area contributed by atoms with Gasteiger partial charge in [-0.05, 0) is 123 Å². The molecule has 2 radical (unpaired) electrons. The summed E-state index contributed by atoms with van der Waals surface area (Å²) in [6.07, 6.45) is 9.92. The molecular formula is C54H48Cu2N6O8S2. The number of benzene rings is 6. The van der Waals surface area contributed by atoms with E-state index in [0.29, 0.717) is 35.7 Å². The first-order valence-electron chi connectivity index (χ1n) is 21.8. The van der Waals surface area contributed by atoms with Gasteiger partial charge >= 0.3 is 34.1 Å². The van der Waals surface area contributed by atoms with E-state index in [1.165, 1.54) is 47.8 Å². The van der Waals surface area contributed by atoms with Crippen LogP contribution in [0.4, 0.5) is 22.7 Å². The summed E-state index contributed by atoms with van der Waals surface area (Å²) in [5, 5.41) is 24.7. The maximum Gasteiger partial charge on any atom is 2.00 e. The van der Waals surface area contributed by atoms with Crippen molar-refractivity contribution in [1.29, 1.82) is 0 Å². The normalized spacial score (nSPS) is 10.9. The maximum absolute atomic E-state index is 12.6. The number of pyridine rings is 2. The summed E-state index contributed by atoms with van der Waals surface area (Å²) in [5.74, 6) is -0.0627. The zero-order valence-corrected chi connectivity index (χ0v) is 42.8. The number of aromatic nitrogens is 2. The molecular weight excluding hydrogens is 1050 g/mol. The predicted molar refractivity (Wildman–Crippen MR) is 272 cm³/mol. The second-order valence-electron chi connectivity index (χ2n) is 14.9. The number of rotatable bonds is 15. The van der Waals surface area contributed by atoms with Crippen LogP contribution in [-0.2, 0) is 54.2 Å². The number of hydrogen-bond acceptors (Lipinski definition) is 12. The summed E-state index contributed by atoms with van der Waals surface area (Å²) in [4.78, 5) is 16.7. The van der Waals surface area contributed by atoms with Crippen molar-refractivity contribution in [3.8, 4) is 34.1 Å². The molecule has 8 aromatic rings. The molecule has 0 saturated heterocycles. The molecule has 0 unspecified atom stereocenters. The van der Waals surface area contributed by atoms with E-state index in [2.05, 4.69) is 29.4 Å². The smallest absolute Gasteiger partial charge is 0.870 e. The van der Waals surface area contributed by atoms with Crippen LogP contribution in [0.5, 0.6) is 23.0 Å². The minimum absolute atomic E-state index is 0. The molecule has 0 bridgehead atoms. The fourth-order valence-corrected chi connectivity index (χ4v) is 8.26. The van der Waals surface area contributed by atoms with Gasteiger partial charge < -0.3 is 29.1 Å². The summed E-state index contributed by atoms with van der Waals surface area (Å²) in [6, 6.07) is 43.9. The van der Waals surface area contributed by atoms with Crippen LogP contribution in [0.15, 0.2) is 202 Å². The van der Waals surface area contributed by atoms with Gasteiger partial charge in [-0.3, -0.25) is 20.0 Å². The Labute approximate surface area is 442 Å². The van der Waals surface area contributed by atoms with Crippen molar-refractivity contribution in [2.45, 2.75) is 37.5 Å². The third kappa shape index (κ3) is 16.4. The van der Waals surface area contributed by atoms with Crippen molar-refractivity contribution >= 4 is 55.2 Å². The molecule has 0 aliphatic carbocycles. The number of aryl methyl sites for hydroxylation is 2. The minimum atomic E-state index is -3.89. The average Bonchev–Trinajstić information content (AvgIpc) is 3.36. The fourth-order valence-electron chi connectivity index (χ4n) is 6.26. The SMILES string of the molecule is CCOc1cccc(C=Nc2ccccc2[N-]S(=O)(=O)c2ccc(C)cc2)c1[O-].CCOc1cccc(C=Nc2ccccc2[N-]S(=O)(=O)c2ccc(C)cc2)c1[O-].[Cu+2].[Cu+2].c1cc(-c2ccncc2)ccn1. The fraction of sp³-hybridized carbons (Fsp3) is 0.111. The van der Waals surface area contributed by atoms with Crippen LogP contribution in [0.1, 0.15) is 36.1 Å². The first kappa shape index (κ1) is 57.3. The molecule has 0 N–H and O–H groups in total. The molecule has 0 atom stereocenters. The number of para-hydroxylation sites is 4. The summed E-state index contributed by atoms with van der Waals surface area (Å²) in [6.45, 7) is 8.12. The molecule has 0 spiro atoms. The molecule has 376 valence electrons. The standard InChI is InChI=1S/2C22H21N2O4S.C10H8N2.2Cu/c2*1-3-28-21-10-6-7-17(22(21)25)15-23-19-8-4-5-9-20(19)24-29(26,27)18-13-11-16(2)12-14-18;1-5-11-6-2-9(1)10-3-7-12-8-4-10;;/h2*4-15H,3H2,1-2H3,(H,23,25);1-8H;;/q2*-1;;2*+2/p-2. The third-order valence-electron chi connectivity index (χ3n) is 9.84. The summed E-state index contributed by atoms with van der Waals surface area (Å²) in [7, 11) is -7.78. The quantitative estimate of drug-likeness (QED) is 0.0700. The molecule has 0 amide bonds. The van der Waals surface area contributed by atoms with E-state index in [0.717, 1.165) is 11.1 Å². The van der Waals surface area contributed by atoms with Crippen LogP contribution in [0, 0.1) is 13.8 Å². The van der Waals surface area contributed by atoms with E-state index < -0.39 is 20.0 Å². The van der Waals surface area contributed by atoms with Gasteiger partial charge in [-0.1, -0.05) is 108 Å². The monoisotopic (exact) mass is 1100 g/mol. The first-order chi connectivity index (χ1) is 33.8. The van der Waals surface area contributed by atoms with Crippen molar-refractivity contribution in [3.63, 3.8) is 0 Å². The van der Waals surface area contributed by atoms with E-state index in [1.807, 2.05) is 38.1 Å². The van der Waals surface area contributed by atoms with Gasteiger partial charge in [0.25, 0.3) is 0 Å². The predicted octanol–water partition coefficient (Wildman–Crippen LogP) is 11.4.